The third kappa shape index (κ3) is 4.45. The van der Waals surface area contributed by atoms with Crippen LogP contribution in [0.15, 0.2) is 17.0 Å². The molecular weight excluding hydrogens is 269 g/mol. The number of nitrogen functional groups attached to an aromatic ring is 1. The Balaban J connectivity index is 2.78. The number of nitrogens with one attached hydrogen (secondary N) is 1. The van der Waals surface area contributed by atoms with Gasteiger partial charge in [-0.1, -0.05) is 0 Å². The summed E-state index contributed by atoms with van der Waals surface area (Å²) in [6.45, 7) is 2.60. The number of nitrogens with zero attached hydrogens (tertiary/aromatic N) is 1. The largest absolute Gasteiger partial charge is 0.396 e. The Morgan fingerprint density at radius 2 is 2.00 bits per heavy atom. The van der Waals surface area contributed by atoms with E-state index in [9.17, 15) is 12.8 Å². The summed E-state index contributed by atoms with van der Waals surface area (Å²) in [5.41, 5.74) is 5.50. The first-order valence-electron chi connectivity index (χ1n) is 5.94. The van der Waals surface area contributed by atoms with Gasteiger partial charge in [-0.2, -0.15) is 0 Å². The molecule has 0 fully saturated rings. The molecule has 0 aliphatic rings. The molecule has 1 aromatic rings. The Labute approximate surface area is 113 Å². The van der Waals surface area contributed by atoms with E-state index in [0.717, 1.165) is 12.6 Å². The van der Waals surface area contributed by atoms with E-state index in [4.69, 9.17) is 5.73 Å². The molecule has 0 aliphatic heterocycles. The molecule has 0 saturated heterocycles. The van der Waals surface area contributed by atoms with Gasteiger partial charge in [-0.3, -0.25) is 0 Å². The molecule has 0 bridgehead atoms. The van der Waals surface area contributed by atoms with Crippen molar-refractivity contribution >= 4 is 15.7 Å². The van der Waals surface area contributed by atoms with E-state index in [0.29, 0.717) is 13.0 Å². The molecule has 0 amide bonds. The average molecular weight is 289 g/mol. The Morgan fingerprint density at radius 3 is 2.53 bits per heavy atom. The molecule has 0 radical (unpaired) electrons. The molecule has 1 aromatic carbocycles. The van der Waals surface area contributed by atoms with E-state index >= 15 is 0 Å². The Bertz CT molecular complexity index is 521. The van der Waals surface area contributed by atoms with Crippen LogP contribution >= 0.6 is 0 Å². The number of halogens is 1. The lowest BCUT2D eigenvalue weighted by Crippen LogP contribution is -2.27. The summed E-state index contributed by atoms with van der Waals surface area (Å²) in [7, 11) is 0.195. The molecule has 0 aliphatic carbocycles. The fourth-order valence-corrected chi connectivity index (χ4v) is 2.80. The van der Waals surface area contributed by atoms with Gasteiger partial charge in [-0.15, -0.1) is 0 Å². The Morgan fingerprint density at radius 1 is 1.37 bits per heavy atom. The van der Waals surface area contributed by atoms with Crippen LogP contribution in [0, 0.1) is 12.7 Å². The minimum atomic E-state index is -3.64. The topological polar surface area (TPSA) is 75.4 Å². The van der Waals surface area contributed by atoms with E-state index in [1.807, 2.05) is 19.0 Å². The molecule has 7 heteroatoms. The van der Waals surface area contributed by atoms with Crippen LogP contribution in [0.5, 0.6) is 0 Å². The standard InChI is InChI=1S/C12H20FN3O2S/c1-9-7-10(8-11(14)12(9)13)19(17,18)15-5-4-6-16(2)3/h7-8,15H,4-6,14H2,1-3H3. The van der Waals surface area contributed by atoms with Gasteiger partial charge in [-0.25, -0.2) is 17.5 Å². The predicted molar refractivity (Wildman–Crippen MR) is 73.9 cm³/mol. The first-order valence-corrected chi connectivity index (χ1v) is 7.42. The lowest BCUT2D eigenvalue weighted by Gasteiger charge is -2.11. The summed E-state index contributed by atoms with van der Waals surface area (Å²) in [6, 6.07) is 2.41. The van der Waals surface area contributed by atoms with Gasteiger partial charge < -0.3 is 10.6 Å². The van der Waals surface area contributed by atoms with Gasteiger partial charge >= 0.3 is 0 Å². The summed E-state index contributed by atoms with van der Waals surface area (Å²) >= 11 is 0. The van der Waals surface area contributed by atoms with Crippen molar-refractivity contribution in [3.8, 4) is 0 Å². The second kappa shape index (κ2) is 6.31. The highest BCUT2D eigenvalue weighted by Crippen LogP contribution is 2.20. The summed E-state index contributed by atoms with van der Waals surface area (Å²) in [4.78, 5) is 1.96. The number of rotatable bonds is 6. The predicted octanol–water partition coefficient (Wildman–Crippen LogP) is 0.946. The van der Waals surface area contributed by atoms with E-state index in [1.165, 1.54) is 13.0 Å². The number of nitrogens with two attached hydrogens (primary N) is 1. The van der Waals surface area contributed by atoms with Gasteiger partial charge in [0.2, 0.25) is 10.0 Å². The van der Waals surface area contributed by atoms with Gasteiger partial charge in [0, 0.05) is 6.54 Å². The zero-order valence-corrected chi connectivity index (χ0v) is 12.2. The molecule has 0 unspecified atom stereocenters. The SMILES string of the molecule is Cc1cc(S(=O)(=O)NCCCN(C)C)cc(N)c1F. The zero-order valence-electron chi connectivity index (χ0n) is 11.4. The Kier molecular flexibility index (Phi) is 5.28. The van der Waals surface area contributed by atoms with Crippen molar-refractivity contribution in [2.45, 2.75) is 18.2 Å². The molecule has 19 heavy (non-hydrogen) atoms. The van der Waals surface area contributed by atoms with Gasteiger partial charge in [0.05, 0.1) is 10.6 Å². The molecule has 3 N–H and O–H groups in total. The van der Waals surface area contributed by atoms with Gasteiger partial charge in [-0.05, 0) is 51.7 Å². The van der Waals surface area contributed by atoms with E-state index in [1.54, 1.807) is 0 Å². The van der Waals surface area contributed by atoms with Crippen LogP contribution in [0.1, 0.15) is 12.0 Å². The van der Waals surface area contributed by atoms with Gasteiger partial charge in [0.1, 0.15) is 5.82 Å². The number of benzene rings is 1. The van der Waals surface area contributed by atoms with Crippen LogP contribution in [0.4, 0.5) is 10.1 Å². The first kappa shape index (κ1) is 15.9. The van der Waals surface area contributed by atoms with Crippen LogP contribution in [-0.2, 0) is 10.0 Å². The van der Waals surface area contributed by atoms with Crippen molar-refractivity contribution in [3.05, 3.63) is 23.5 Å². The molecule has 5 nitrogen and oxygen atoms in total. The zero-order chi connectivity index (χ0) is 14.6. The third-order valence-electron chi connectivity index (χ3n) is 2.64. The maximum atomic E-state index is 13.3. The molecule has 0 saturated carbocycles. The van der Waals surface area contributed by atoms with Crippen LogP contribution < -0.4 is 10.5 Å². The smallest absolute Gasteiger partial charge is 0.240 e. The lowest BCUT2D eigenvalue weighted by molar-refractivity contribution is 0.400. The van der Waals surface area contributed by atoms with Crippen LogP contribution in [-0.4, -0.2) is 40.5 Å². The van der Waals surface area contributed by atoms with Crippen molar-refractivity contribution in [1.82, 2.24) is 9.62 Å². The fraction of sp³-hybridized carbons (Fsp3) is 0.500. The summed E-state index contributed by atoms with van der Waals surface area (Å²) in [5.74, 6) is -0.577. The number of sulfonamides is 1. The maximum absolute atomic E-state index is 13.3. The van der Waals surface area contributed by atoms with Crippen molar-refractivity contribution < 1.29 is 12.8 Å². The third-order valence-corrected chi connectivity index (χ3v) is 4.08. The van der Waals surface area contributed by atoms with Gasteiger partial charge in [0.15, 0.2) is 0 Å². The van der Waals surface area contributed by atoms with Crippen LogP contribution in [0.3, 0.4) is 0 Å². The highest BCUT2D eigenvalue weighted by Gasteiger charge is 2.16. The van der Waals surface area contributed by atoms with Crippen LogP contribution in [0.2, 0.25) is 0 Å². The molecule has 108 valence electrons. The number of anilines is 1. The maximum Gasteiger partial charge on any atom is 0.240 e. The second-order valence-corrected chi connectivity index (χ2v) is 6.46. The van der Waals surface area contributed by atoms with Crippen molar-refractivity contribution in [2.24, 2.45) is 0 Å². The quantitative estimate of drug-likeness (QED) is 0.604. The summed E-state index contributed by atoms with van der Waals surface area (Å²) < 4.78 is 39.8. The molecule has 0 aromatic heterocycles. The van der Waals surface area contributed by atoms with Crippen molar-refractivity contribution in [2.75, 3.05) is 32.9 Å². The normalized spacial score (nSPS) is 12.1. The fourth-order valence-electron chi connectivity index (χ4n) is 1.60. The van der Waals surface area contributed by atoms with Crippen molar-refractivity contribution in [3.63, 3.8) is 0 Å². The molecule has 0 spiro atoms. The lowest BCUT2D eigenvalue weighted by atomic mass is 10.2. The first-order chi connectivity index (χ1) is 8.74. The highest BCUT2D eigenvalue weighted by atomic mass is 32.2. The van der Waals surface area contributed by atoms with E-state index in [2.05, 4.69) is 4.72 Å². The summed E-state index contributed by atoms with van der Waals surface area (Å²) in [6.07, 6.45) is 0.696. The molecule has 0 atom stereocenters. The van der Waals surface area contributed by atoms with Crippen molar-refractivity contribution in [1.29, 1.82) is 0 Å². The summed E-state index contributed by atoms with van der Waals surface area (Å²) in [5, 5.41) is 0. The molecule has 0 heterocycles. The Hall–Kier alpha value is -1.18. The minimum Gasteiger partial charge on any atom is -0.396 e. The number of aryl methyl sites for hydroxylation is 1. The van der Waals surface area contributed by atoms with Crippen LogP contribution in [0.25, 0.3) is 0 Å². The number of hydrogen-bond acceptors (Lipinski definition) is 4. The number of hydrogen-bond donors (Lipinski definition) is 2. The molecule has 1 rings (SSSR count). The molecular formula is C12H20FN3O2S. The minimum absolute atomic E-state index is 0.00578. The highest BCUT2D eigenvalue weighted by molar-refractivity contribution is 7.89. The monoisotopic (exact) mass is 289 g/mol. The van der Waals surface area contributed by atoms with Gasteiger partial charge in [0.25, 0.3) is 0 Å². The van der Waals surface area contributed by atoms with E-state index < -0.39 is 15.8 Å². The van der Waals surface area contributed by atoms with E-state index in [-0.39, 0.29) is 16.1 Å². The average Bonchev–Trinajstić information content (AvgIpc) is 2.31. The second-order valence-electron chi connectivity index (χ2n) is 4.70.